The highest BCUT2D eigenvalue weighted by Gasteiger charge is 2.19. The van der Waals surface area contributed by atoms with Crippen molar-refractivity contribution >= 4 is 17.9 Å². The maximum atomic E-state index is 12.9. The van der Waals surface area contributed by atoms with E-state index in [2.05, 4.69) is 106 Å². The first-order chi connectivity index (χ1) is 39.0. The minimum absolute atomic E-state index is 0.0824. The van der Waals surface area contributed by atoms with Crippen LogP contribution in [-0.4, -0.2) is 37.2 Å². The lowest BCUT2D eigenvalue weighted by Gasteiger charge is -2.18. The molecule has 0 aromatic heterocycles. The van der Waals surface area contributed by atoms with Crippen molar-refractivity contribution in [1.82, 2.24) is 0 Å². The van der Waals surface area contributed by atoms with E-state index in [4.69, 9.17) is 14.2 Å². The predicted molar refractivity (Wildman–Crippen MR) is 344 cm³/mol. The quantitative estimate of drug-likeness (QED) is 0.0261. The van der Waals surface area contributed by atoms with Crippen LogP contribution in [-0.2, 0) is 28.6 Å². The van der Waals surface area contributed by atoms with Gasteiger partial charge in [-0.25, -0.2) is 0 Å². The van der Waals surface area contributed by atoms with Crippen LogP contribution in [0.1, 0.15) is 342 Å². The van der Waals surface area contributed by atoms with Gasteiger partial charge in [0.2, 0.25) is 0 Å². The van der Waals surface area contributed by atoms with Crippen molar-refractivity contribution in [3.63, 3.8) is 0 Å². The van der Waals surface area contributed by atoms with Crippen LogP contribution in [0.4, 0.5) is 0 Å². The average Bonchev–Trinajstić information content (AvgIpc) is 3.45. The highest BCUT2D eigenvalue weighted by molar-refractivity contribution is 5.71. The molecule has 0 aliphatic carbocycles. The zero-order valence-electron chi connectivity index (χ0n) is 52.4. The molecule has 456 valence electrons. The van der Waals surface area contributed by atoms with Gasteiger partial charge in [0.15, 0.2) is 6.10 Å². The molecule has 0 N–H and O–H groups in total. The number of hydrogen-bond acceptors (Lipinski definition) is 6. The summed E-state index contributed by atoms with van der Waals surface area (Å²) < 4.78 is 17.0. The number of unbranched alkanes of at least 4 members (excludes halogenated alkanes) is 37. The molecular weight excluding hydrogens is 973 g/mol. The van der Waals surface area contributed by atoms with Crippen LogP contribution in [0.2, 0.25) is 0 Å². The molecule has 0 amide bonds. The number of carbonyl (C=O) groups excluding carboxylic acids is 3. The van der Waals surface area contributed by atoms with Crippen LogP contribution in [0, 0.1) is 0 Å². The van der Waals surface area contributed by atoms with Gasteiger partial charge in [0.25, 0.3) is 0 Å². The van der Waals surface area contributed by atoms with E-state index < -0.39 is 6.10 Å². The molecule has 0 aromatic carbocycles. The fraction of sp³-hybridized carbons (Fsp3) is 0.767. The average molecular weight is 1100 g/mol. The minimum Gasteiger partial charge on any atom is -0.462 e. The molecular formula is C73H128O6. The molecule has 0 heterocycles. The Morgan fingerprint density at radius 3 is 0.772 bits per heavy atom. The van der Waals surface area contributed by atoms with Crippen molar-refractivity contribution in [2.45, 2.75) is 348 Å². The van der Waals surface area contributed by atoms with Gasteiger partial charge < -0.3 is 14.2 Å². The molecule has 0 saturated carbocycles. The van der Waals surface area contributed by atoms with Gasteiger partial charge in [-0.1, -0.05) is 331 Å². The third-order valence-corrected chi connectivity index (χ3v) is 14.9. The lowest BCUT2D eigenvalue weighted by Crippen LogP contribution is -2.30. The zero-order chi connectivity index (χ0) is 57.1. The molecule has 0 aliphatic heterocycles. The molecule has 0 fully saturated rings. The maximum Gasteiger partial charge on any atom is 0.306 e. The Balaban J connectivity index is 4.41. The van der Waals surface area contributed by atoms with Gasteiger partial charge >= 0.3 is 17.9 Å². The summed E-state index contributed by atoms with van der Waals surface area (Å²) in [4.78, 5) is 38.4. The Hall–Kier alpha value is -3.41. The molecule has 0 spiro atoms. The summed E-state index contributed by atoms with van der Waals surface area (Å²) in [5.74, 6) is -0.896. The molecule has 0 rings (SSSR count). The van der Waals surface area contributed by atoms with Crippen molar-refractivity contribution in [2.75, 3.05) is 13.2 Å². The Morgan fingerprint density at radius 2 is 0.494 bits per heavy atom. The van der Waals surface area contributed by atoms with E-state index in [1.54, 1.807) is 0 Å². The van der Waals surface area contributed by atoms with Gasteiger partial charge in [0.1, 0.15) is 13.2 Å². The highest BCUT2D eigenvalue weighted by atomic mass is 16.6. The smallest absolute Gasteiger partial charge is 0.306 e. The predicted octanol–water partition coefficient (Wildman–Crippen LogP) is 23.4. The Bertz CT molecular complexity index is 1500. The Morgan fingerprint density at radius 1 is 0.266 bits per heavy atom. The van der Waals surface area contributed by atoms with E-state index in [9.17, 15) is 14.4 Å². The zero-order valence-corrected chi connectivity index (χ0v) is 52.4. The number of rotatable bonds is 62. The van der Waals surface area contributed by atoms with Crippen LogP contribution in [0.25, 0.3) is 0 Å². The summed E-state index contributed by atoms with van der Waals surface area (Å²) >= 11 is 0. The van der Waals surface area contributed by atoms with Crippen molar-refractivity contribution in [1.29, 1.82) is 0 Å². The van der Waals surface area contributed by atoms with E-state index >= 15 is 0 Å². The highest BCUT2D eigenvalue weighted by Crippen LogP contribution is 2.18. The van der Waals surface area contributed by atoms with Gasteiger partial charge in [0.05, 0.1) is 0 Å². The lowest BCUT2D eigenvalue weighted by atomic mass is 10.0. The summed E-state index contributed by atoms with van der Waals surface area (Å²) in [7, 11) is 0. The van der Waals surface area contributed by atoms with Crippen LogP contribution in [0.5, 0.6) is 0 Å². The van der Waals surface area contributed by atoms with E-state index in [1.807, 2.05) is 0 Å². The summed E-state index contributed by atoms with van der Waals surface area (Å²) in [6.07, 6.45) is 88.8. The number of allylic oxidation sites excluding steroid dienone is 14. The first-order valence-corrected chi connectivity index (χ1v) is 34.1. The SMILES string of the molecule is CC/C=C\C/C=C\C/C=C\C/C=C\C/C=C\C/C=C\C/C=C\CCCCCC(=O)OCC(COC(=O)CCCCCCCCCCCCCCCCCCCC)OC(=O)CCCCCCCCCCCCCCCCCCCC. The second-order valence-corrected chi connectivity index (χ2v) is 22.7. The molecule has 79 heavy (non-hydrogen) atoms. The number of carbonyl (C=O) groups is 3. The van der Waals surface area contributed by atoms with Gasteiger partial charge in [0, 0.05) is 19.3 Å². The molecule has 0 aromatic rings. The third-order valence-electron chi connectivity index (χ3n) is 14.9. The van der Waals surface area contributed by atoms with E-state index in [1.165, 1.54) is 193 Å². The molecule has 0 radical (unpaired) electrons. The number of ether oxygens (including phenoxy) is 3. The van der Waals surface area contributed by atoms with Crippen molar-refractivity contribution in [2.24, 2.45) is 0 Å². The van der Waals surface area contributed by atoms with E-state index in [-0.39, 0.29) is 31.1 Å². The number of hydrogen-bond donors (Lipinski definition) is 0. The fourth-order valence-electron chi connectivity index (χ4n) is 9.84. The number of esters is 3. The second-order valence-electron chi connectivity index (χ2n) is 22.7. The van der Waals surface area contributed by atoms with Gasteiger partial charge in [-0.2, -0.15) is 0 Å². The van der Waals surface area contributed by atoms with Crippen LogP contribution < -0.4 is 0 Å². The molecule has 0 aliphatic rings. The standard InChI is InChI=1S/C73H128O6/c1-4-7-10-13-16-19-22-25-28-31-34-35-36-37-38-39-40-43-45-48-51-54-57-60-63-66-72(75)78-69-70(79-73(76)67-64-61-58-55-52-49-46-42-33-30-27-24-21-18-15-12-9-6-3)68-77-71(74)65-62-59-56-53-50-47-44-41-32-29-26-23-20-17-14-11-8-5-2/h7,10,16,19,25,28,34-35,37-38,40,43,48,51,70H,4-6,8-9,11-15,17-18,20-24,26-27,29-33,36,39,41-42,44-47,49-50,52-69H2,1-3H3/b10-7-,19-16-,28-25-,35-34-,38-37-,43-40-,51-48-. The van der Waals surface area contributed by atoms with Crippen molar-refractivity contribution in [3.8, 4) is 0 Å². The topological polar surface area (TPSA) is 78.9 Å². The third kappa shape index (κ3) is 65.3. The molecule has 1 unspecified atom stereocenters. The molecule has 6 nitrogen and oxygen atoms in total. The first kappa shape index (κ1) is 75.6. The van der Waals surface area contributed by atoms with Gasteiger partial charge in [-0.15, -0.1) is 0 Å². The van der Waals surface area contributed by atoms with Gasteiger partial charge in [-0.3, -0.25) is 14.4 Å². The summed E-state index contributed by atoms with van der Waals surface area (Å²) in [5, 5.41) is 0. The van der Waals surface area contributed by atoms with Crippen LogP contribution >= 0.6 is 0 Å². The van der Waals surface area contributed by atoms with E-state index in [0.717, 1.165) is 109 Å². The maximum absolute atomic E-state index is 12.9. The minimum atomic E-state index is -0.789. The molecule has 0 saturated heterocycles. The van der Waals surface area contributed by atoms with Crippen LogP contribution in [0.15, 0.2) is 85.1 Å². The summed E-state index contributed by atoms with van der Waals surface area (Å²) in [5.41, 5.74) is 0. The van der Waals surface area contributed by atoms with Crippen molar-refractivity contribution < 1.29 is 28.6 Å². The monoisotopic (exact) mass is 1100 g/mol. The van der Waals surface area contributed by atoms with Crippen LogP contribution in [0.3, 0.4) is 0 Å². The van der Waals surface area contributed by atoms with Gasteiger partial charge in [-0.05, 0) is 77.0 Å². The van der Waals surface area contributed by atoms with Crippen molar-refractivity contribution in [3.05, 3.63) is 85.1 Å². The largest absolute Gasteiger partial charge is 0.462 e. The Labute approximate surface area is 490 Å². The normalized spacial score (nSPS) is 12.6. The fourth-order valence-corrected chi connectivity index (χ4v) is 9.84. The second kappa shape index (κ2) is 67.1. The van der Waals surface area contributed by atoms with E-state index in [0.29, 0.717) is 19.3 Å². The molecule has 6 heteroatoms. The summed E-state index contributed by atoms with van der Waals surface area (Å²) in [6, 6.07) is 0. The molecule has 1 atom stereocenters. The summed E-state index contributed by atoms with van der Waals surface area (Å²) in [6.45, 7) is 6.56. The first-order valence-electron chi connectivity index (χ1n) is 34.1. The molecule has 0 bridgehead atoms. The lowest BCUT2D eigenvalue weighted by molar-refractivity contribution is -0.167. The Kier molecular flexibility index (Phi) is 64.2.